The van der Waals surface area contributed by atoms with E-state index in [0.717, 1.165) is 12.1 Å². The molecule has 2 unspecified atom stereocenters. The molecule has 0 aliphatic heterocycles. The van der Waals surface area contributed by atoms with Crippen molar-refractivity contribution in [2.45, 2.75) is 25.1 Å². The Balaban J connectivity index is 1.95. The lowest BCUT2D eigenvalue weighted by Crippen LogP contribution is -2.39. The number of rotatable bonds is 2. The third kappa shape index (κ3) is 1.42. The van der Waals surface area contributed by atoms with Crippen molar-refractivity contribution in [1.29, 1.82) is 0 Å². The van der Waals surface area contributed by atoms with Gasteiger partial charge in [0.05, 0.1) is 6.04 Å². The number of alkyl halides is 1. The maximum absolute atomic E-state index is 12.8. The summed E-state index contributed by atoms with van der Waals surface area (Å²) in [6.07, 6.45) is 1.02. The Kier molecular flexibility index (Phi) is 1.98. The minimum atomic E-state index is -0.648. The molecule has 2 heteroatoms. The van der Waals surface area contributed by atoms with E-state index < -0.39 is 6.17 Å². The van der Waals surface area contributed by atoms with Gasteiger partial charge >= 0.3 is 0 Å². The van der Waals surface area contributed by atoms with Crippen molar-refractivity contribution in [2.24, 2.45) is 0 Å². The quantitative estimate of drug-likeness (QED) is 0.710. The predicted octanol–water partition coefficient (Wildman–Crippen LogP) is 2.60. The van der Waals surface area contributed by atoms with Crippen molar-refractivity contribution >= 4 is 5.69 Å². The van der Waals surface area contributed by atoms with Gasteiger partial charge in [0.1, 0.15) is 6.17 Å². The number of anilines is 1. The molecule has 0 heterocycles. The molecule has 0 spiro atoms. The Morgan fingerprint density at radius 3 is 2.42 bits per heavy atom. The SMILES string of the molecule is FC1CCC1Nc1ccccc1. The van der Waals surface area contributed by atoms with E-state index in [9.17, 15) is 4.39 Å². The molecule has 1 nitrogen and oxygen atoms in total. The van der Waals surface area contributed by atoms with Gasteiger partial charge in [0.2, 0.25) is 0 Å². The van der Waals surface area contributed by atoms with Gasteiger partial charge in [-0.1, -0.05) is 18.2 Å². The van der Waals surface area contributed by atoms with E-state index in [-0.39, 0.29) is 6.04 Å². The van der Waals surface area contributed by atoms with Crippen LogP contribution in [0.15, 0.2) is 30.3 Å². The molecule has 0 radical (unpaired) electrons. The molecule has 1 fully saturated rings. The summed E-state index contributed by atoms with van der Waals surface area (Å²) >= 11 is 0. The molecule has 64 valence electrons. The van der Waals surface area contributed by atoms with Crippen molar-refractivity contribution < 1.29 is 4.39 Å². The first-order valence-corrected chi connectivity index (χ1v) is 4.32. The molecular formula is C10H12FN. The van der Waals surface area contributed by atoms with Gasteiger partial charge in [-0.05, 0) is 25.0 Å². The molecule has 2 atom stereocenters. The van der Waals surface area contributed by atoms with Crippen LogP contribution in [0.2, 0.25) is 0 Å². The fourth-order valence-corrected chi connectivity index (χ4v) is 1.37. The average molecular weight is 165 g/mol. The Bertz CT molecular complexity index is 247. The van der Waals surface area contributed by atoms with E-state index in [2.05, 4.69) is 5.32 Å². The molecule has 1 aromatic rings. The van der Waals surface area contributed by atoms with Crippen molar-refractivity contribution in [3.63, 3.8) is 0 Å². The zero-order valence-electron chi connectivity index (χ0n) is 6.83. The first kappa shape index (κ1) is 7.59. The Morgan fingerprint density at radius 2 is 1.92 bits per heavy atom. The van der Waals surface area contributed by atoms with E-state index in [1.54, 1.807) is 0 Å². The Labute approximate surface area is 71.6 Å². The molecule has 1 N–H and O–H groups in total. The summed E-state index contributed by atoms with van der Waals surface area (Å²) < 4.78 is 12.8. The van der Waals surface area contributed by atoms with Gasteiger partial charge in [-0.3, -0.25) is 0 Å². The third-order valence-electron chi connectivity index (χ3n) is 2.32. The molecular weight excluding hydrogens is 153 g/mol. The van der Waals surface area contributed by atoms with E-state index in [1.165, 1.54) is 0 Å². The minimum Gasteiger partial charge on any atom is -0.379 e. The molecule has 12 heavy (non-hydrogen) atoms. The lowest BCUT2D eigenvalue weighted by atomic mass is 9.90. The number of hydrogen-bond donors (Lipinski definition) is 1. The highest BCUT2D eigenvalue weighted by atomic mass is 19.1. The summed E-state index contributed by atoms with van der Waals surface area (Å²) in [5.74, 6) is 0. The Hall–Kier alpha value is -1.05. The van der Waals surface area contributed by atoms with Crippen LogP contribution in [0.4, 0.5) is 10.1 Å². The van der Waals surface area contributed by atoms with Gasteiger partial charge < -0.3 is 5.32 Å². The first-order chi connectivity index (χ1) is 5.86. The summed E-state index contributed by atoms with van der Waals surface area (Å²) in [5, 5.41) is 3.15. The highest BCUT2D eigenvalue weighted by Crippen LogP contribution is 2.26. The molecule has 2 rings (SSSR count). The van der Waals surface area contributed by atoms with Crippen LogP contribution in [-0.4, -0.2) is 12.2 Å². The average Bonchev–Trinajstić information content (AvgIpc) is 2.14. The predicted molar refractivity (Wildman–Crippen MR) is 48.0 cm³/mol. The van der Waals surface area contributed by atoms with Gasteiger partial charge in [0.25, 0.3) is 0 Å². The molecule has 1 aliphatic carbocycles. The first-order valence-electron chi connectivity index (χ1n) is 4.32. The lowest BCUT2D eigenvalue weighted by molar-refractivity contribution is 0.186. The molecule has 1 aliphatic rings. The summed E-state index contributed by atoms with van der Waals surface area (Å²) in [5.41, 5.74) is 1.02. The lowest BCUT2D eigenvalue weighted by Gasteiger charge is -2.31. The van der Waals surface area contributed by atoms with Crippen molar-refractivity contribution in [3.05, 3.63) is 30.3 Å². The van der Waals surface area contributed by atoms with Crippen LogP contribution in [0.1, 0.15) is 12.8 Å². The van der Waals surface area contributed by atoms with Crippen LogP contribution >= 0.6 is 0 Å². The van der Waals surface area contributed by atoms with E-state index in [0.29, 0.717) is 6.42 Å². The second kappa shape index (κ2) is 3.13. The van der Waals surface area contributed by atoms with Crippen molar-refractivity contribution in [3.8, 4) is 0 Å². The standard InChI is InChI=1S/C10H12FN/c11-9-6-7-10(9)12-8-4-2-1-3-5-8/h1-5,9-10,12H,6-7H2. The summed E-state index contributed by atoms with van der Waals surface area (Å²) in [6, 6.07) is 9.84. The van der Waals surface area contributed by atoms with E-state index >= 15 is 0 Å². The molecule has 0 amide bonds. The third-order valence-corrected chi connectivity index (χ3v) is 2.32. The minimum absolute atomic E-state index is 0.0485. The van der Waals surface area contributed by atoms with Crippen molar-refractivity contribution in [1.82, 2.24) is 0 Å². The fourth-order valence-electron chi connectivity index (χ4n) is 1.37. The molecule has 0 bridgehead atoms. The fraction of sp³-hybridized carbons (Fsp3) is 0.400. The van der Waals surface area contributed by atoms with Gasteiger partial charge in [-0.2, -0.15) is 0 Å². The summed E-state index contributed by atoms with van der Waals surface area (Å²) in [7, 11) is 0. The zero-order valence-corrected chi connectivity index (χ0v) is 6.83. The zero-order chi connectivity index (χ0) is 8.39. The monoisotopic (exact) mass is 165 g/mol. The molecule has 1 saturated carbocycles. The van der Waals surface area contributed by atoms with Crippen LogP contribution < -0.4 is 5.32 Å². The molecule has 1 aromatic carbocycles. The number of halogens is 1. The van der Waals surface area contributed by atoms with Crippen LogP contribution in [0.3, 0.4) is 0 Å². The second-order valence-electron chi connectivity index (χ2n) is 3.21. The largest absolute Gasteiger partial charge is 0.379 e. The summed E-state index contributed by atoms with van der Waals surface area (Å²) in [6.45, 7) is 0. The maximum atomic E-state index is 12.8. The maximum Gasteiger partial charge on any atom is 0.120 e. The summed E-state index contributed by atoms with van der Waals surface area (Å²) in [4.78, 5) is 0. The number of nitrogens with one attached hydrogen (secondary N) is 1. The molecule has 0 saturated heterocycles. The van der Waals surface area contributed by atoms with Crippen LogP contribution in [0, 0.1) is 0 Å². The van der Waals surface area contributed by atoms with Gasteiger partial charge in [-0.15, -0.1) is 0 Å². The van der Waals surface area contributed by atoms with Crippen LogP contribution in [0.5, 0.6) is 0 Å². The molecule has 0 aromatic heterocycles. The normalized spacial score (nSPS) is 27.8. The van der Waals surface area contributed by atoms with E-state index in [1.807, 2.05) is 30.3 Å². The topological polar surface area (TPSA) is 12.0 Å². The van der Waals surface area contributed by atoms with Crippen molar-refractivity contribution in [2.75, 3.05) is 5.32 Å². The highest BCUT2D eigenvalue weighted by Gasteiger charge is 2.30. The van der Waals surface area contributed by atoms with Crippen LogP contribution in [-0.2, 0) is 0 Å². The Morgan fingerprint density at radius 1 is 1.17 bits per heavy atom. The van der Waals surface area contributed by atoms with Gasteiger partial charge in [0.15, 0.2) is 0 Å². The highest BCUT2D eigenvalue weighted by molar-refractivity contribution is 5.44. The van der Waals surface area contributed by atoms with Gasteiger partial charge in [0, 0.05) is 5.69 Å². The number of benzene rings is 1. The van der Waals surface area contributed by atoms with E-state index in [4.69, 9.17) is 0 Å². The van der Waals surface area contributed by atoms with Gasteiger partial charge in [-0.25, -0.2) is 4.39 Å². The second-order valence-corrected chi connectivity index (χ2v) is 3.21. The smallest absolute Gasteiger partial charge is 0.120 e. The van der Waals surface area contributed by atoms with Crippen LogP contribution in [0.25, 0.3) is 0 Å². The number of hydrogen-bond acceptors (Lipinski definition) is 1. The number of para-hydroxylation sites is 1.